The average molecular weight is 429 g/mol. The number of rotatable bonds is 7. The molecular formula is C22H25FN4O2S. The summed E-state index contributed by atoms with van der Waals surface area (Å²) in [7, 11) is 0. The Morgan fingerprint density at radius 3 is 2.53 bits per heavy atom. The van der Waals surface area contributed by atoms with E-state index in [-0.39, 0.29) is 5.82 Å². The molecule has 158 valence electrons. The molecule has 0 saturated carbocycles. The molecule has 0 radical (unpaired) electrons. The van der Waals surface area contributed by atoms with Gasteiger partial charge in [0.05, 0.1) is 25.5 Å². The van der Waals surface area contributed by atoms with E-state index in [2.05, 4.69) is 15.1 Å². The number of anilines is 1. The maximum atomic E-state index is 13.9. The van der Waals surface area contributed by atoms with Crippen molar-refractivity contribution in [1.29, 1.82) is 0 Å². The first-order valence-corrected chi connectivity index (χ1v) is 11.0. The molecule has 4 rings (SSSR count). The zero-order chi connectivity index (χ0) is 20.9. The smallest absolute Gasteiger partial charge is 0.232 e. The van der Waals surface area contributed by atoms with Crippen LogP contribution >= 0.6 is 11.8 Å². The Balaban J connectivity index is 1.52. The second-order valence-electron chi connectivity index (χ2n) is 7.12. The minimum atomic E-state index is -0.288. The molecule has 2 aromatic carbocycles. The van der Waals surface area contributed by atoms with E-state index in [1.807, 2.05) is 42.7 Å². The Morgan fingerprint density at radius 1 is 1.07 bits per heavy atom. The number of benzene rings is 2. The van der Waals surface area contributed by atoms with Crippen molar-refractivity contribution < 1.29 is 13.9 Å². The predicted octanol–water partition coefficient (Wildman–Crippen LogP) is 4.03. The van der Waals surface area contributed by atoms with Crippen LogP contribution < -0.4 is 9.64 Å². The Morgan fingerprint density at radius 2 is 1.80 bits per heavy atom. The van der Waals surface area contributed by atoms with E-state index in [1.165, 1.54) is 12.1 Å². The van der Waals surface area contributed by atoms with Crippen LogP contribution in [0.25, 0.3) is 5.69 Å². The average Bonchev–Trinajstić information content (AvgIpc) is 3.17. The molecule has 1 fully saturated rings. The third-order valence-corrected chi connectivity index (χ3v) is 5.84. The van der Waals surface area contributed by atoms with Crippen LogP contribution in [0.4, 0.5) is 10.3 Å². The van der Waals surface area contributed by atoms with Crippen molar-refractivity contribution in [2.45, 2.75) is 19.0 Å². The molecule has 0 amide bonds. The van der Waals surface area contributed by atoms with Crippen LogP contribution in [-0.4, -0.2) is 53.4 Å². The zero-order valence-electron chi connectivity index (χ0n) is 17.2. The van der Waals surface area contributed by atoms with Gasteiger partial charge in [-0.05, 0) is 43.2 Å². The molecule has 0 unspecified atom stereocenters. The Kier molecular flexibility index (Phi) is 6.54. The number of thioether (sulfide) groups is 1. The molecule has 1 aliphatic rings. The van der Waals surface area contributed by atoms with Crippen molar-refractivity contribution in [3.05, 3.63) is 59.4 Å². The lowest BCUT2D eigenvalue weighted by Gasteiger charge is -2.27. The molecular weight excluding hydrogens is 403 g/mol. The number of morpholine rings is 1. The van der Waals surface area contributed by atoms with Gasteiger partial charge in [0.25, 0.3) is 0 Å². The lowest BCUT2D eigenvalue weighted by molar-refractivity contribution is 0.122. The van der Waals surface area contributed by atoms with Crippen molar-refractivity contribution >= 4 is 17.7 Å². The van der Waals surface area contributed by atoms with Crippen LogP contribution in [0.15, 0.2) is 47.6 Å². The minimum absolute atomic E-state index is 0.288. The summed E-state index contributed by atoms with van der Waals surface area (Å²) in [6, 6.07) is 12.6. The Hall–Kier alpha value is -2.58. The molecule has 30 heavy (non-hydrogen) atoms. The number of aromatic nitrogens is 3. The highest BCUT2D eigenvalue weighted by atomic mass is 32.2. The molecule has 2 heterocycles. The van der Waals surface area contributed by atoms with Gasteiger partial charge in [0, 0.05) is 18.8 Å². The first-order valence-electron chi connectivity index (χ1n) is 9.99. The lowest BCUT2D eigenvalue weighted by atomic mass is 10.1. The van der Waals surface area contributed by atoms with E-state index in [0.717, 1.165) is 30.0 Å². The summed E-state index contributed by atoms with van der Waals surface area (Å²) in [6.45, 7) is 7.38. The second-order valence-corrected chi connectivity index (χ2v) is 8.18. The third kappa shape index (κ3) is 4.60. The monoisotopic (exact) mass is 428 g/mol. The van der Waals surface area contributed by atoms with Gasteiger partial charge in [0.1, 0.15) is 11.6 Å². The van der Waals surface area contributed by atoms with Gasteiger partial charge < -0.3 is 14.4 Å². The summed E-state index contributed by atoms with van der Waals surface area (Å²) in [5.74, 6) is 2.05. The van der Waals surface area contributed by atoms with Crippen LogP contribution in [0.2, 0.25) is 0 Å². The van der Waals surface area contributed by atoms with E-state index in [0.29, 0.717) is 42.4 Å². The largest absolute Gasteiger partial charge is 0.492 e. The van der Waals surface area contributed by atoms with Gasteiger partial charge in [0.15, 0.2) is 5.16 Å². The number of para-hydroxylation sites is 1. The quantitative estimate of drug-likeness (QED) is 0.418. The van der Waals surface area contributed by atoms with E-state index in [1.54, 1.807) is 17.8 Å². The fraction of sp³-hybridized carbons (Fsp3) is 0.364. The number of halogens is 1. The summed E-state index contributed by atoms with van der Waals surface area (Å²) in [5, 5.41) is 9.52. The number of nitrogens with zero attached hydrogens (tertiary/aromatic N) is 4. The van der Waals surface area contributed by atoms with Crippen molar-refractivity contribution in [1.82, 2.24) is 14.8 Å². The molecule has 0 aliphatic carbocycles. The molecule has 1 saturated heterocycles. The summed E-state index contributed by atoms with van der Waals surface area (Å²) in [5.41, 5.74) is 2.95. The third-order valence-electron chi connectivity index (χ3n) is 4.95. The van der Waals surface area contributed by atoms with Gasteiger partial charge in [-0.2, -0.15) is 0 Å². The number of hydrogen-bond donors (Lipinski definition) is 0. The molecule has 0 atom stereocenters. The van der Waals surface area contributed by atoms with Crippen molar-refractivity contribution in [2.75, 3.05) is 43.6 Å². The fourth-order valence-corrected chi connectivity index (χ4v) is 4.23. The lowest BCUT2D eigenvalue weighted by Crippen LogP contribution is -2.37. The Labute approximate surface area is 180 Å². The SMILES string of the molecule is Cc1cccc(C)c1OCCSc1nnc(N2CCOCC2)n1-c1cccc(F)c1. The summed E-state index contributed by atoms with van der Waals surface area (Å²) < 4.78 is 27.3. The highest BCUT2D eigenvalue weighted by Crippen LogP contribution is 2.28. The molecule has 0 N–H and O–H groups in total. The fourth-order valence-electron chi connectivity index (χ4n) is 3.47. The second kappa shape index (κ2) is 9.49. The van der Waals surface area contributed by atoms with Crippen molar-refractivity contribution in [3.8, 4) is 11.4 Å². The molecule has 0 bridgehead atoms. The van der Waals surface area contributed by atoms with Gasteiger partial charge in [-0.3, -0.25) is 4.57 Å². The topological polar surface area (TPSA) is 52.4 Å². The number of ether oxygens (including phenoxy) is 2. The first kappa shape index (κ1) is 20.7. The molecule has 8 heteroatoms. The van der Waals surface area contributed by atoms with Gasteiger partial charge in [0.2, 0.25) is 5.95 Å². The van der Waals surface area contributed by atoms with Crippen LogP contribution in [0.3, 0.4) is 0 Å². The molecule has 6 nitrogen and oxygen atoms in total. The standard InChI is InChI=1S/C22H25FN4O2S/c1-16-5-3-6-17(2)20(16)29-13-14-30-22-25-24-21(26-9-11-28-12-10-26)27(22)19-8-4-7-18(23)15-19/h3-8,15H,9-14H2,1-2H3. The van der Waals surface area contributed by atoms with Crippen LogP contribution in [-0.2, 0) is 4.74 Å². The van der Waals surface area contributed by atoms with E-state index in [9.17, 15) is 4.39 Å². The van der Waals surface area contributed by atoms with Gasteiger partial charge >= 0.3 is 0 Å². The summed E-state index contributed by atoms with van der Waals surface area (Å²) in [4.78, 5) is 2.12. The normalized spacial score (nSPS) is 14.2. The van der Waals surface area contributed by atoms with Crippen LogP contribution in [0, 0.1) is 19.7 Å². The maximum absolute atomic E-state index is 13.9. The zero-order valence-corrected chi connectivity index (χ0v) is 18.0. The molecule has 1 aliphatic heterocycles. The van der Waals surface area contributed by atoms with Crippen LogP contribution in [0.5, 0.6) is 5.75 Å². The van der Waals surface area contributed by atoms with Gasteiger partial charge in [-0.15, -0.1) is 10.2 Å². The van der Waals surface area contributed by atoms with Gasteiger partial charge in [-0.1, -0.05) is 36.0 Å². The summed E-state index contributed by atoms with van der Waals surface area (Å²) in [6.07, 6.45) is 0. The first-order chi connectivity index (χ1) is 14.6. The highest BCUT2D eigenvalue weighted by molar-refractivity contribution is 7.99. The molecule has 3 aromatic rings. The predicted molar refractivity (Wildman–Crippen MR) is 116 cm³/mol. The summed E-state index contributed by atoms with van der Waals surface area (Å²) >= 11 is 1.55. The number of aryl methyl sites for hydroxylation is 2. The maximum Gasteiger partial charge on any atom is 0.232 e. The molecule has 1 aromatic heterocycles. The molecule has 0 spiro atoms. The highest BCUT2D eigenvalue weighted by Gasteiger charge is 2.22. The van der Waals surface area contributed by atoms with Crippen LogP contribution in [0.1, 0.15) is 11.1 Å². The van der Waals surface area contributed by atoms with Crippen molar-refractivity contribution in [2.24, 2.45) is 0 Å². The van der Waals surface area contributed by atoms with E-state index < -0.39 is 0 Å². The van der Waals surface area contributed by atoms with E-state index in [4.69, 9.17) is 9.47 Å². The van der Waals surface area contributed by atoms with Gasteiger partial charge in [-0.25, -0.2) is 4.39 Å². The van der Waals surface area contributed by atoms with Crippen molar-refractivity contribution in [3.63, 3.8) is 0 Å². The number of hydrogen-bond acceptors (Lipinski definition) is 6. The minimum Gasteiger partial charge on any atom is -0.492 e. The Bertz CT molecular complexity index is 984. The van der Waals surface area contributed by atoms with E-state index >= 15 is 0 Å².